The highest BCUT2D eigenvalue weighted by Gasteiger charge is 2.18. The van der Waals surface area contributed by atoms with Gasteiger partial charge < -0.3 is 5.73 Å². The molecule has 0 amide bonds. The van der Waals surface area contributed by atoms with E-state index in [-0.39, 0.29) is 10.6 Å². The van der Waals surface area contributed by atoms with Gasteiger partial charge in [0.2, 0.25) is 10.0 Å². The number of nitrogen functional groups attached to an aromatic ring is 1. The summed E-state index contributed by atoms with van der Waals surface area (Å²) in [5, 5.41) is 0. The first-order valence-corrected chi connectivity index (χ1v) is 8.38. The molecule has 21 heavy (non-hydrogen) atoms. The number of anilines is 1. The summed E-state index contributed by atoms with van der Waals surface area (Å²) in [5.41, 5.74) is 7.93. The van der Waals surface area contributed by atoms with Gasteiger partial charge in [0.1, 0.15) is 4.90 Å². The van der Waals surface area contributed by atoms with Gasteiger partial charge in [-0.25, -0.2) is 13.1 Å². The van der Waals surface area contributed by atoms with Gasteiger partial charge in [-0.2, -0.15) is 0 Å². The Kier molecular flexibility index (Phi) is 4.98. The van der Waals surface area contributed by atoms with E-state index in [0.29, 0.717) is 12.1 Å². The van der Waals surface area contributed by atoms with Gasteiger partial charge in [0.05, 0.1) is 5.69 Å². The van der Waals surface area contributed by atoms with Crippen LogP contribution in [0.15, 0.2) is 53.4 Å². The zero-order valence-electron chi connectivity index (χ0n) is 12.0. The molecule has 0 bridgehead atoms. The van der Waals surface area contributed by atoms with Crippen molar-refractivity contribution in [3.05, 3.63) is 59.7 Å². The fourth-order valence-electron chi connectivity index (χ4n) is 2.26. The second-order valence-electron chi connectivity index (χ2n) is 4.98. The molecule has 0 aliphatic rings. The number of hydrogen-bond donors (Lipinski definition) is 2. The molecular weight excluding hydrogens is 284 g/mol. The van der Waals surface area contributed by atoms with Crippen LogP contribution >= 0.6 is 0 Å². The molecule has 2 aromatic rings. The van der Waals surface area contributed by atoms with E-state index in [1.807, 2.05) is 30.3 Å². The lowest BCUT2D eigenvalue weighted by molar-refractivity contribution is 0.579. The highest BCUT2D eigenvalue weighted by Crippen LogP contribution is 2.21. The Morgan fingerprint density at radius 2 is 1.76 bits per heavy atom. The van der Waals surface area contributed by atoms with Crippen LogP contribution in [0.3, 0.4) is 0 Å². The van der Waals surface area contributed by atoms with Gasteiger partial charge in [-0.3, -0.25) is 0 Å². The Labute approximate surface area is 126 Å². The van der Waals surface area contributed by atoms with Crippen molar-refractivity contribution in [2.45, 2.75) is 24.7 Å². The minimum Gasteiger partial charge on any atom is -0.398 e. The molecule has 2 rings (SSSR count). The maximum absolute atomic E-state index is 12.3. The van der Waals surface area contributed by atoms with Crippen LogP contribution in [-0.4, -0.2) is 15.0 Å². The van der Waals surface area contributed by atoms with Gasteiger partial charge >= 0.3 is 0 Å². The largest absolute Gasteiger partial charge is 0.398 e. The van der Waals surface area contributed by atoms with Crippen molar-refractivity contribution in [3.8, 4) is 0 Å². The van der Waals surface area contributed by atoms with E-state index >= 15 is 0 Å². The lowest BCUT2D eigenvalue weighted by Crippen LogP contribution is -2.26. The van der Waals surface area contributed by atoms with E-state index in [1.54, 1.807) is 25.1 Å². The number of hydrogen-bond acceptors (Lipinski definition) is 3. The lowest BCUT2D eigenvalue weighted by atomic mass is 10.1. The van der Waals surface area contributed by atoms with E-state index < -0.39 is 10.0 Å². The van der Waals surface area contributed by atoms with Crippen LogP contribution in [0.5, 0.6) is 0 Å². The van der Waals surface area contributed by atoms with Crippen molar-refractivity contribution in [2.24, 2.45) is 0 Å². The van der Waals surface area contributed by atoms with Crippen LogP contribution in [0.25, 0.3) is 0 Å². The van der Waals surface area contributed by atoms with E-state index in [1.165, 1.54) is 5.56 Å². The first-order valence-electron chi connectivity index (χ1n) is 6.89. The normalized spacial score (nSPS) is 11.5. The molecule has 0 heterocycles. The third-order valence-electron chi connectivity index (χ3n) is 3.29. The summed E-state index contributed by atoms with van der Waals surface area (Å²) < 4.78 is 27.2. The van der Waals surface area contributed by atoms with Crippen molar-refractivity contribution in [1.82, 2.24) is 4.72 Å². The number of rotatable bonds is 6. The maximum Gasteiger partial charge on any atom is 0.242 e. The molecule has 0 aliphatic heterocycles. The molecule has 2 aromatic carbocycles. The molecule has 5 heteroatoms. The average molecular weight is 304 g/mol. The first kappa shape index (κ1) is 15.5. The standard InChI is InChI=1S/C16H20N2O2S/c1-13-7-5-11-15(17)16(13)21(19,20)18-12-6-10-14-8-3-2-4-9-14/h2-5,7-9,11,18H,6,10,12,17H2,1H3. The van der Waals surface area contributed by atoms with Gasteiger partial charge in [-0.1, -0.05) is 42.5 Å². The molecule has 0 aromatic heterocycles. The van der Waals surface area contributed by atoms with Gasteiger partial charge in [0, 0.05) is 6.54 Å². The smallest absolute Gasteiger partial charge is 0.242 e. The van der Waals surface area contributed by atoms with Gasteiger partial charge in [0.15, 0.2) is 0 Å². The number of nitrogens with two attached hydrogens (primary N) is 1. The Morgan fingerprint density at radius 1 is 1.05 bits per heavy atom. The van der Waals surface area contributed by atoms with E-state index in [9.17, 15) is 8.42 Å². The van der Waals surface area contributed by atoms with Crippen molar-refractivity contribution in [1.29, 1.82) is 0 Å². The molecule has 0 unspecified atom stereocenters. The average Bonchev–Trinajstić information content (AvgIpc) is 2.44. The summed E-state index contributed by atoms with van der Waals surface area (Å²) in [5.74, 6) is 0. The predicted octanol–water partition coefficient (Wildman–Crippen LogP) is 2.49. The highest BCUT2D eigenvalue weighted by molar-refractivity contribution is 7.89. The van der Waals surface area contributed by atoms with Crippen molar-refractivity contribution < 1.29 is 8.42 Å². The van der Waals surface area contributed by atoms with E-state index in [2.05, 4.69) is 4.72 Å². The quantitative estimate of drug-likeness (QED) is 0.636. The molecule has 3 N–H and O–H groups in total. The summed E-state index contributed by atoms with van der Waals surface area (Å²) in [4.78, 5) is 0.185. The molecule has 0 aliphatic carbocycles. The van der Waals surface area contributed by atoms with Crippen LogP contribution in [0.1, 0.15) is 17.5 Å². The zero-order chi connectivity index (χ0) is 15.3. The molecule has 0 radical (unpaired) electrons. The number of benzene rings is 2. The molecular formula is C16H20N2O2S. The lowest BCUT2D eigenvalue weighted by Gasteiger charge is -2.11. The van der Waals surface area contributed by atoms with E-state index in [0.717, 1.165) is 12.8 Å². The molecule has 0 saturated carbocycles. The zero-order valence-corrected chi connectivity index (χ0v) is 12.9. The summed E-state index contributed by atoms with van der Waals surface area (Å²) in [6.45, 7) is 2.14. The molecule has 0 fully saturated rings. The minimum absolute atomic E-state index is 0.185. The van der Waals surface area contributed by atoms with Crippen LogP contribution in [0, 0.1) is 6.92 Å². The second kappa shape index (κ2) is 6.74. The predicted molar refractivity (Wildman–Crippen MR) is 85.5 cm³/mol. The third kappa shape index (κ3) is 4.06. The van der Waals surface area contributed by atoms with Gasteiger partial charge in [-0.05, 0) is 37.0 Å². The summed E-state index contributed by atoms with van der Waals surface area (Å²) in [7, 11) is -3.55. The van der Waals surface area contributed by atoms with Crippen LogP contribution in [0.2, 0.25) is 0 Å². The monoisotopic (exact) mass is 304 g/mol. The Bertz CT molecular complexity index is 677. The highest BCUT2D eigenvalue weighted by atomic mass is 32.2. The van der Waals surface area contributed by atoms with Crippen molar-refractivity contribution in [2.75, 3.05) is 12.3 Å². The third-order valence-corrected chi connectivity index (χ3v) is 4.97. The Hall–Kier alpha value is -1.85. The van der Waals surface area contributed by atoms with Gasteiger partial charge in [0.25, 0.3) is 0 Å². The molecule has 112 valence electrons. The van der Waals surface area contributed by atoms with Crippen LogP contribution < -0.4 is 10.5 Å². The molecule has 0 atom stereocenters. The second-order valence-corrected chi connectivity index (χ2v) is 6.68. The molecule has 0 saturated heterocycles. The summed E-state index contributed by atoms with van der Waals surface area (Å²) >= 11 is 0. The summed E-state index contributed by atoms with van der Waals surface area (Å²) in [6, 6.07) is 15.1. The van der Waals surface area contributed by atoms with Crippen LogP contribution in [-0.2, 0) is 16.4 Å². The number of nitrogens with one attached hydrogen (secondary N) is 1. The van der Waals surface area contributed by atoms with Crippen LogP contribution in [0.4, 0.5) is 5.69 Å². The van der Waals surface area contributed by atoms with E-state index in [4.69, 9.17) is 5.73 Å². The fraction of sp³-hybridized carbons (Fsp3) is 0.250. The maximum atomic E-state index is 12.3. The summed E-state index contributed by atoms with van der Waals surface area (Å²) in [6.07, 6.45) is 1.58. The Morgan fingerprint density at radius 3 is 2.43 bits per heavy atom. The van der Waals surface area contributed by atoms with Crippen molar-refractivity contribution in [3.63, 3.8) is 0 Å². The van der Waals surface area contributed by atoms with Gasteiger partial charge in [-0.15, -0.1) is 0 Å². The topological polar surface area (TPSA) is 72.2 Å². The first-order chi connectivity index (χ1) is 10.0. The Balaban J connectivity index is 1.96. The number of aryl methyl sites for hydroxylation is 2. The van der Waals surface area contributed by atoms with Crippen molar-refractivity contribution >= 4 is 15.7 Å². The molecule has 0 spiro atoms. The molecule has 4 nitrogen and oxygen atoms in total. The fourth-order valence-corrected chi connectivity index (χ4v) is 3.69. The minimum atomic E-state index is -3.55. The SMILES string of the molecule is Cc1cccc(N)c1S(=O)(=O)NCCCc1ccccc1. The number of sulfonamides is 1.